The van der Waals surface area contributed by atoms with Crippen LogP contribution in [-0.2, 0) is 5.34 Å². The molecule has 3 aromatic rings. The summed E-state index contributed by atoms with van der Waals surface area (Å²) in [6.45, 7) is 0. The number of aromatic nitrogens is 2. The molecule has 1 amide bonds. The fraction of sp³-hybridized carbons (Fsp3) is 0.190. The van der Waals surface area contributed by atoms with Crippen LogP contribution in [0, 0.1) is 0 Å². The van der Waals surface area contributed by atoms with E-state index in [4.69, 9.17) is 4.74 Å². The van der Waals surface area contributed by atoms with Crippen LogP contribution in [0.4, 0.5) is 13.2 Å². The van der Waals surface area contributed by atoms with E-state index < -0.39 is 22.4 Å². The van der Waals surface area contributed by atoms with Gasteiger partial charge >= 0.3 is 6.36 Å². The van der Waals surface area contributed by atoms with Gasteiger partial charge in [-0.2, -0.15) is 0 Å². The zero-order chi connectivity index (χ0) is 32.6. The van der Waals surface area contributed by atoms with E-state index in [1.54, 1.807) is 49.8 Å². The smallest absolute Gasteiger partial charge is 0.504 e. The number of rotatable bonds is 4. The summed E-state index contributed by atoms with van der Waals surface area (Å²) >= 11 is 0. The summed E-state index contributed by atoms with van der Waals surface area (Å²) in [4.78, 5) is 25.8. The maximum Gasteiger partial charge on any atom is 0.573 e. The third-order valence-electron chi connectivity index (χ3n) is 9.76. The molecule has 0 saturated heterocycles. The first-order chi connectivity index (χ1) is 19.6. The topological polar surface area (TPSA) is 64.6 Å². The Morgan fingerprint density at radius 1 is 0.744 bits per heavy atom. The maximum absolute atomic E-state index is 15.0. The van der Waals surface area contributed by atoms with Gasteiger partial charge in [0.2, 0.25) is 0 Å². The lowest BCUT2D eigenvalue weighted by Crippen LogP contribution is -2.74. The lowest BCUT2D eigenvalue weighted by atomic mass is 9.37. The van der Waals surface area contributed by atoms with Crippen molar-refractivity contribution in [1.29, 1.82) is 0 Å². The predicted molar refractivity (Wildman–Crippen MR) is 203 cm³/mol. The quantitative estimate of drug-likeness (QED) is 0.293. The molecule has 0 bridgehead atoms. The molecule has 22 heteroatoms. The van der Waals surface area contributed by atoms with Crippen molar-refractivity contribution >= 4 is 146 Å². The number of fused-ring (bicyclic) bond motifs is 1. The molecule has 43 heavy (non-hydrogen) atoms. The molecular weight excluding hydrogens is 540 g/mol. The first-order valence-electron chi connectivity index (χ1n) is 14.4. The number of carbonyl (C=O) groups excluding carboxylic acids is 1. The molecule has 6 nitrogen and oxygen atoms in total. The van der Waals surface area contributed by atoms with Gasteiger partial charge in [-0.25, -0.2) is 9.97 Å². The summed E-state index contributed by atoms with van der Waals surface area (Å²) in [5.41, 5.74) is 6.52. The lowest BCUT2D eigenvalue weighted by Gasteiger charge is -2.54. The van der Waals surface area contributed by atoms with E-state index in [1.165, 1.54) is 0 Å². The summed E-state index contributed by atoms with van der Waals surface area (Å²) in [6.07, 6.45) is -1.49. The number of benzene rings is 2. The van der Waals surface area contributed by atoms with Crippen molar-refractivity contribution < 1.29 is 27.4 Å². The van der Waals surface area contributed by atoms with E-state index in [2.05, 4.69) is 14.7 Å². The van der Waals surface area contributed by atoms with Gasteiger partial charge in [0.1, 0.15) is 119 Å². The number of halogens is 3. The highest BCUT2D eigenvalue weighted by molar-refractivity contribution is 6.65. The van der Waals surface area contributed by atoms with Crippen molar-refractivity contribution in [2.45, 2.75) is 22.4 Å². The number of hydrogen-bond acceptors (Lipinski definition) is 5. The third-order valence-corrected chi connectivity index (χ3v) is 9.76. The van der Waals surface area contributed by atoms with Crippen molar-refractivity contribution in [2.75, 3.05) is 0 Å². The normalized spacial score (nSPS) is 16.2. The Morgan fingerprint density at radius 2 is 1.21 bits per heavy atom. The number of nitrogens with zero attached hydrogens (tertiary/aromatic N) is 3. The second kappa shape index (κ2) is 10.7. The van der Waals surface area contributed by atoms with E-state index in [0.717, 1.165) is 22.1 Å². The molecule has 0 fully saturated rings. The van der Waals surface area contributed by atoms with Gasteiger partial charge in [-0.3, -0.25) is 4.79 Å². The molecule has 1 aromatic heterocycles. The molecule has 0 unspecified atom stereocenters. The van der Waals surface area contributed by atoms with Crippen LogP contribution in [0.5, 0.6) is 11.5 Å². The number of amides is 1. The van der Waals surface area contributed by atoms with Crippen LogP contribution < -0.4 is 47.7 Å². The van der Waals surface area contributed by atoms with Gasteiger partial charge in [-0.05, 0) is 17.2 Å². The highest BCUT2D eigenvalue weighted by atomic mass is 19.4. The SMILES string of the molecule is Bc1c(B)c(-c2c(B)c(B)c3c(c2B)C(=O)N(C(B)(B)c2ncccn2)C(B)(B)C(B)(B)O3)c(B)c(B)c1OC(F)(F)F. The first-order valence-corrected chi connectivity index (χ1v) is 14.4. The minimum atomic E-state index is -4.81. The van der Waals surface area contributed by atoms with Gasteiger partial charge in [-0.15, -0.1) is 13.2 Å². The zero-order valence-electron chi connectivity index (χ0n) is 27.4. The summed E-state index contributed by atoms with van der Waals surface area (Å²) in [5, 5.41) is -2.58. The fourth-order valence-corrected chi connectivity index (χ4v) is 6.49. The molecule has 1 aliphatic heterocycles. The van der Waals surface area contributed by atoms with Crippen molar-refractivity contribution in [3.63, 3.8) is 0 Å². The molecule has 0 saturated carbocycles. The van der Waals surface area contributed by atoms with Crippen LogP contribution >= 0.6 is 0 Å². The second-order valence-electron chi connectivity index (χ2n) is 13.1. The molecule has 2 aromatic carbocycles. The molecule has 206 valence electrons. The fourth-order valence-electron chi connectivity index (χ4n) is 6.49. The average Bonchev–Trinajstić information content (AvgIpc) is 2.95. The van der Waals surface area contributed by atoms with Crippen molar-refractivity contribution in [1.82, 2.24) is 14.9 Å². The summed E-state index contributed by atoms with van der Waals surface area (Å²) in [6, 6.07) is 1.74. The summed E-state index contributed by atoms with van der Waals surface area (Å²) in [5.74, 6) is 0.586. The first kappa shape index (κ1) is 33.1. The highest BCUT2D eigenvalue weighted by Crippen LogP contribution is 2.38. The largest absolute Gasteiger partial charge is 0.573 e. The lowest BCUT2D eigenvalue weighted by molar-refractivity contribution is -0.273. The molecule has 0 atom stereocenters. The molecule has 0 radical (unpaired) electrons. The van der Waals surface area contributed by atoms with Gasteiger partial charge in [0, 0.05) is 28.5 Å². The van der Waals surface area contributed by atoms with Crippen molar-refractivity contribution in [3.8, 4) is 22.6 Å². The van der Waals surface area contributed by atoms with Gasteiger partial charge in [-0.1, -0.05) is 38.2 Å². The van der Waals surface area contributed by atoms with E-state index in [0.29, 0.717) is 44.5 Å². The van der Waals surface area contributed by atoms with E-state index in [-0.39, 0.29) is 11.7 Å². The van der Waals surface area contributed by atoms with Crippen LogP contribution in [0.2, 0.25) is 0 Å². The highest BCUT2D eigenvalue weighted by Gasteiger charge is 2.54. The van der Waals surface area contributed by atoms with E-state index >= 15 is 0 Å². The van der Waals surface area contributed by atoms with E-state index in [1.807, 2.05) is 75.5 Å². The molecule has 0 spiro atoms. The number of hydrogen-bond donors (Lipinski definition) is 0. The van der Waals surface area contributed by atoms with Crippen LogP contribution in [-0.4, -0.2) is 140 Å². The Kier molecular flexibility index (Phi) is 8.23. The number of carbonyl (C=O) groups is 1. The second-order valence-corrected chi connectivity index (χ2v) is 13.1. The predicted octanol–water partition coefficient (Wildman–Crippen LogP) is -14.4. The van der Waals surface area contributed by atoms with Gasteiger partial charge in [0.25, 0.3) is 5.91 Å². The minimum absolute atomic E-state index is 0.188. The van der Waals surface area contributed by atoms with E-state index in [9.17, 15) is 18.0 Å². The third kappa shape index (κ3) is 5.20. The van der Waals surface area contributed by atoms with Crippen LogP contribution in [0.1, 0.15) is 16.2 Å². The molecular formula is C21H29B13F3N3O3. The maximum atomic E-state index is 15.0. The van der Waals surface area contributed by atoms with Gasteiger partial charge < -0.3 is 14.4 Å². The standard InChI is InChI=1S/C21H29B13F3N3O3/c22-7-4(5-9(24)12(27)15(13(28)10(5)25)43-21(35,36)37)8(23)11(26)14-6(7)16(41)40(19(31,32)20(33,34)42-14)18(29,30)17-38-2-1-3-39-17/h1-3H,22-34H2. The van der Waals surface area contributed by atoms with Crippen molar-refractivity contribution in [2.24, 2.45) is 0 Å². The van der Waals surface area contributed by atoms with Crippen LogP contribution in [0.15, 0.2) is 18.5 Å². The average molecular weight is 569 g/mol. The Morgan fingerprint density at radius 3 is 1.70 bits per heavy atom. The Labute approximate surface area is 262 Å². The number of alkyl halides is 3. The summed E-state index contributed by atoms with van der Waals surface area (Å²) in [7, 11) is 24.4. The Balaban J connectivity index is 2.09. The molecule has 0 N–H and O–H groups in total. The number of ether oxygens (including phenoxy) is 2. The minimum Gasteiger partial charge on any atom is -0.504 e. The van der Waals surface area contributed by atoms with Crippen LogP contribution in [0.25, 0.3) is 11.1 Å². The van der Waals surface area contributed by atoms with Crippen molar-refractivity contribution in [3.05, 3.63) is 29.8 Å². The monoisotopic (exact) mass is 571 g/mol. The Bertz CT molecular complexity index is 1630. The molecule has 1 aliphatic rings. The molecule has 2 heterocycles. The molecule has 4 rings (SSSR count). The van der Waals surface area contributed by atoms with Crippen LogP contribution in [0.3, 0.4) is 0 Å². The molecule has 0 aliphatic carbocycles. The zero-order valence-corrected chi connectivity index (χ0v) is 27.4. The Hall–Kier alpha value is -2.78. The van der Waals surface area contributed by atoms with Gasteiger partial charge in [0.15, 0.2) is 0 Å². The summed E-state index contributed by atoms with van der Waals surface area (Å²) < 4.78 is 51.3. The van der Waals surface area contributed by atoms with Gasteiger partial charge in [0.05, 0.1) is 5.56 Å².